The average molecular weight is 489 g/mol. The van der Waals surface area contributed by atoms with Crippen LogP contribution in [-0.2, 0) is 30.3 Å². The quantitative estimate of drug-likeness (QED) is 0.414. The van der Waals surface area contributed by atoms with Crippen LogP contribution in [0.5, 0.6) is 0 Å². The van der Waals surface area contributed by atoms with Crippen LogP contribution in [0.3, 0.4) is 0 Å². The number of fused-ring (bicyclic) bond motifs is 1. The van der Waals surface area contributed by atoms with Gasteiger partial charge in [-0.2, -0.15) is 12.8 Å². The predicted molar refractivity (Wildman–Crippen MR) is 113 cm³/mol. The van der Waals surface area contributed by atoms with Gasteiger partial charge in [0.2, 0.25) is 0 Å². The Labute approximate surface area is 182 Å². The second-order valence-electron chi connectivity index (χ2n) is 5.53. The first-order chi connectivity index (χ1) is 13.3. The van der Waals surface area contributed by atoms with Gasteiger partial charge < -0.3 is 20.1 Å². The summed E-state index contributed by atoms with van der Waals surface area (Å²) in [5.74, 6) is 0. The maximum absolute atomic E-state index is 4.93. The zero-order chi connectivity index (χ0) is 19.7. The van der Waals surface area contributed by atoms with Crippen LogP contribution in [0.1, 0.15) is 25.7 Å². The Hall–Kier alpha value is -0.317. The topological polar surface area (TPSA) is 46.7 Å². The van der Waals surface area contributed by atoms with Crippen LogP contribution >= 0.6 is 17.0 Å². The van der Waals surface area contributed by atoms with E-state index in [1.807, 2.05) is 37.5 Å². The molecule has 2 saturated heterocycles. The van der Waals surface area contributed by atoms with Gasteiger partial charge in [-0.15, -0.1) is 25.5 Å². The van der Waals surface area contributed by atoms with Crippen LogP contribution < -0.4 is 0 Å². The summed E-state index contributed by atoms with van der Waals surface area (Å²) < 4.78 is 9.64. The van der Waals surface area contributed by atoms with Crippen LogP contribution in [0.15, 0.2) is 36.4 Å². The molecule has 2 aromatic carbocycles. The van der Waals surface area contributed by atoms with Gasteiger partial charge in [-0.3, -0.25) is 0 Å². The molecule has 4 nitrogen and oxygen atoms in total. The molecule has 0 unspecified atom stereocenters. The molecule has 0 N–H and O–H groups in total. The van der Waals surface area contributed by atoms with Crippen LogP contribution in [0, 0.1) is 13.2 Å². The molecular weight excluding hydrogens is 462 g/mol. The number of nitrogens with zero attached hydrogens (tertiary/aromatic N) is 2. The van der Waals surface area contributed by atoms with E-state index in [1.54, 1.807) is 14.1 Å². The van der Waals surface area contributed by atoms with E-state index < -0.39 is 20.8 Å². The molecule has 0 aromatic heterocycles. The normalized spacial score (nSPS) is 14.7. The zero-order valence-electron chi connectivity index (χ0n) is 15.8. The number of halogens is 2. The van der Waals surface area contributed by atoms with E-state index in [0.29, 0.717) is 0 Å². The first kappa shape index (κ1) is 24.7. The number of ether oxygens (including phenoxy) is 2. The summed E-state index contributed by atoms with van der Waals surface area (Å²) in [5.41, 5.74) is 2.01. The number of hydrogen-bond acceptors (Lipinski definition) is 2. The Morgan fingerprint density at radius 2 is 1.30 bits per heavy atom. The van der Waals surface area contributed by atoms with E-state index in [0.717, 1.165) is 42.8 Å². The third-order valence-electron chi connectivity index (χ3n) is 3.75. The molecule has 7 heteroatoms. The van der Waals surface area contributed by atoms with Crippen LogP contribution in [0.4, 0.5) is 11.4 Å². The van der Waals surface area contributed by atoms with Crippen molar-refractivity contribution in [2.24, 2.45) is 0 Å². The molecule has 0 bridgehead atoms. The maximum atomic E-state index is 4.93. The molecular formula is C20H26Cl2N2O2Zr-4. The minimum atomic E-state index is -0.826. The van der Waals surface area contributed by atoms with Crippen LogP contribution in [0.25, 0.3) is 21.4 Å². The molecule has 0 radical (unpaired) electrons. The molecule has 2 heterocycles. The summed E-state index contributed by atoms with van der Waals surface area (Å²) in [4.78, 5) is 0. The van der Waals surface area contributed by atoms with Gasteiger partial charge in [0.05, 0.1) is 0 Å². The fourth-order valence-electron chi connectivity index (χ4n) is 2.51. The van der Waals surface area contributed by atoms with Crippen molar-refractivity contribution in [3.8, 4) is 0 Å². The number of benzene rings is 2. The molecule has 0 atom stereocenters. The molecule has 27 heavy (non-hydrogen) atoms. The fourth-order valence-corrected chi connectivity index (χ4v) is 2.51. The van der Waals surface area contributed by atoms with Gasteiger partial charge in [-0.25, -0.2) is 13.2 Å². The molecule has 0 spiro atoms. The summed E-state index contributed by atoms with van der Waals surface area (Å²) in [6.07, 6.45) is 4.75. The molecule has 0 amide bonds. The summed E-state index contributed by atoms with van der Waals surface area (Å²) in [6.45, 7) is 5.61. The Balaban J connectivity index is 0.000000228. The first-order valence-corrected chi connectivity index (χ1v) is 15.2. The Kier molecular flexibility index (Phi) is 15.2. The van der Waals surface area contributed by atoms with Gasteiger partial charge in [0.25, 0.3) is 0 Å². The summed E-state index contributed by atoms with van der Waals surface area (Å²) in [6, 6.07) is 12.2. The van der Waals surface area contributed by atoms with E-state index in [4.69, 9.17) is 26.5 Å². The Morgan fingerprint density at radius 1 is 0.852 bits per heavy atom. The molecule has 0 saturated carbocycles. The number of rotatable bonds is 2. The van der Waals surface area contributed by atoms with Crippen LogP contribution in [-0.4, -0.2) is 27.3 Å². The average Bonchev–Trinajstić information content (AvgIpc) is 3.46. The second-order valence-corrected chi connectivity index (χ2v) is 9.26. The van der Waals surface area contributed by atoms with Crippen molar-refractivity contribution in [2.45, 2.75) is 25.7 Å². The van der Waals surface area contributed by atoms with Crippen molar-refractivity contribution in [3.05, 3.63) is 60.2 Å². The van der Waals surface area contributed by atoms with E-state index in [-0.39, 0.29) is 0 Å². The van der Waals surface area contributed by atoms with Gasteiger partial charge in [-0.1, -0.05) is 49.2 Å². The summed E-state index contributed by atoms with van der Waals surface area (Å²) >= 11 is -0.826. The van der Waals surface area contributed by atoms with Gasteiger partial charge in [0.1, 0.15) is 0 Å². The third kappa shape index (κ3) is 10.1. The van der Waals surface area contributed by atoms with Crippen molar-refractivity contribution in [3.63, 3.8) is 0 Å². The second kappa shape index (κ2) is 16.6. The standard InChI is InChI=1S/C12H12N2.2C4H7O.2ClH.Zr/c1-13-10-7-3-5-9-6-4-8-11(14-2)12(9)10;2*1-2-4-5-3-1;;;/h3-8H,1-2H3;2*3H,1-2,4H2;2*1H;/q-2;2*-1;;;+2/p-2. The fraction of sp³-hybridized carbons (Fsp3) is 0.400. The van der Waals surface area contributed by atoms with Crippen molar-refractivity contribution in [2.75, 3.05) is 27.3 Å². The van der Waals surface area contributed by atoms with Gasteiger partial charge in [0.15, 0.2) is 0 Å². The molecule has 2 aliphatic rings. The van der Waals surface area contributed by atoms with Crippen molar-refractivity contribution < 1.29 is 30.3 Å². The summed E-state index contributed by atoms with van der Waals surface area (Å²) in [5, 5.41) is 10.8. The van der Waals surface area contributed by atoms with Gasteiger partial charge >= 0.3 is 37.9 Å². The van der Waals surface area contributed by atoms with Gasteiger partial charge in [-0.05, 0) is 10.8 Å². The van der Waals surface area contributed by atoms with Crippen LogP contribution in [0.2, 0.25) is 0 Å². The van der Waals surface area contributed by atoms with E-state index >= 15 is 0 Å². The Bertz CT molecular complexity index is 560. The number of hydrogen-bond donors (Lipinski definition) is 0. The monoisotopic (exact) mass is 486 g/mol. The molecule has 0 aliphatic carbocycles. The molecule has 4 rings (SSSR count). The van der Waals surface area contributed by atoms with Crippen molar-refractivity contribution in [1.82, 2.24) is 0 Å². The predicted octanol–water partition coefficient (Wildman–Crippen LogP) is 7.40. The van der Waals surface area contributed by atoms with E-state index in [9.17, 15) is 0 Å². The zero-order valence-corrected chi connectivity index (χ0v) is 19.8. The summed E-state index contributed by atoms with van der Waals surface area (Å²) in [7, 11) is 13.5. The third-order valence-corrected chi connectivity index (χ3v) is 3.75. The van der Waals surface area contributed by atoms with E-state index in [2.05, 4.69) is 22.8 Å². The molecule has 2 aliphatic heterocycles. The van der Waals surface area contributed by atoms with Crippen molar-refractivity contribution >= 4 is 39.2 Å². The molecule has 2 aromatic rings. The SMILES string of the molecule is C[N-]c1cccc2cccc([N-]C)c12.[CH-]1CCCO1.[CH-]1CCCO1.[Cl][Zr][Cl]. The van der Waals surface area contributed by atoms with Gasteiger partial charge in [0, 0.05) is 13.2 Å². The first-order valence-electron chi connectivity index (χ1n) is 8.82. The van der Waals surface area contributed by atoms with Crippen molar-refractivity contribution in [1.29, 1.82) is 0 Å². The Morgan fingerprint density at radius 3 is 1.56 bits per heavy atom. The molecule has 150 valence electrons. The van der Waals surface area contributed by atoms with E-state index in [1.165, 1.54) is 18.2 Å². The molecule has 2 fully saturated rings. The minimum absolute atomic E-state index is 0.826.